The van der Waals surface area contributed by atoms with E-state index in [1.165, 1.54) is 10.6 Å². The monoisotopic (exact) mass is 357 g/mol. The zero-order chi connectivity index (χ0) is 19.4. The molecule has 0 saturated heterocycles. The maximum Gasteiger partial charge on any atom is 0.263 e. The fraction of sp³-hybridized carbons (Fsp3) is 0.136. The van der Waals surface area contributed by atoms with Crippen LogP contribution >= 0.6 is 0 Å². The Bertz CT molecular complexity index is 1110. The lowest BCUT2D eigenvalue weighted by Gasteiger charge is -2.12. The first-order valence-electron chi connectivity index (χ1n) is 8.55. The average molecular weight is 357 g/mol. The molecule has 0 unspecified atom stereocenters. The molecule has 2 aromatic carbocycles. The van der Waals surface area contributed by atoms with Gasteiger partial charge in [-0.2, -0.15) is 5.26 Å². The average Bonchev–Trinajstić information content (AvgIpc) is 2.66. The predicted molar refractivity (Wildman–Crippen MR) is 105 cm³/mol. The number of aryl methyl sites for hydroxylation is 2. The summed E-state index contributed by atoms with van der Waals surface area (Å²) >= 11 is 0. The first kappa shape index (κ1) is 18.2. The van der Waals surface area contributed by atoms with Gasteiger partial charge in [-0.25, -0.2) is 0 Å². The second kappa shape index (κ2) is 7.71. The van der Waals surface area contributed by atoms with E-state index in [0.29, 0.717) is 17.8 Å². The summed E-state index contributed by atoms with van der Waals surface area (Å²) in [6.07, 6.45) is 1.67. The number of carbonyl (C=O) groups excluding carboxylic acids is 1. The van der Waals surface area contributed by atoms with Crippen LogP contribution in [0, 0.1) is 25.2 Å². The van der Waals surface area contributed by atoms with E-state index in [4.69, 9.17) is 5.26 Å². The number of rotatable bonds is 4. The van der Waals surface area contributed by atoms with Crippen molar-refractivity contribution < 1.29 is 4.79 Å². The fourth-order valence-corrected chi connectivity index (χ4v) is 2.87. The highest BCUT2D eigenvalue weighted by atomic mass is 16.2. The maximum atomic E-state index is 12.8. The molecule has 1 N–H and O–H groups in total. The van der Waals surface area contributed by atoms with Gasteiger partial charge >= 0.3 is 0 Å². The van der Waals surface area contributed by atoms with Gasteiger partial charge in [0.05, 0.1) is 17.8 Å². The highest BCUT2D eigenvalue weighted by molar-refractivity contribution is 6.04. The smallest absolute Gasteiger partial charge is 0.263 e. The van der Waals surface area contributed by atoms with Gasteiger partial charge in [-0.1, -0.05) is 35.9 Å². The molecule has 0 radical (unpaired) electrons. The first-order valence-corrected chi connectivity index (χ1v) is 8.55. The summed E-state index contributed by atoms with van der Waals surface area (Å²) < 4.78 is 1.52. The summed E-state index contributed by atoms with van der Waals surface area (Å²) in [7, 11) is 0. The highest BCUT2D eigenvalue weighted by Gasteiger charge is 2.14. The number of para-hydroxylation sites is 1. The second-order valence-electron chi connectivity index (χ2n) is 6.40. The molecular weight excluding hydrogens is 338 g/mol. The number of hydrogen-bond acceptors (Lipinski definition) is 3. The van der Waals surface area contributed by atoms with Gasteiger partial charge in [0.15, 0.2) is 0 Å². The Morgan fingerprint density at radius 1 is 1.11 bits per heavy atom. The Balaban J connectivity index is 1.91. The number of carbonyl (C=O) groups is 1. The molecule has 5 heteroatoms. The van der Waals surface area contributed by atoms with E-state index < -0.39 is 5.91 Å². The van der Waals surface area contributed by atoms with E-state index >= 15 is 0 Å². The molecule has 0 atom stereocenters. The number of benzene rings is 2. The molecule has 1 amide bonds. The Morgan fingerprint density at radius 2 is 1.89 bits per heavy atom. The van der Waals surface area contributed by atoms with Gasteiger partial charge in [0.25, 0.3) is 11.5 Å². The predicted octanol–water partition coefficient (Wildman–Crippen LogP) is 3.64. The summed E-state index contributed by atoms with van der Waals surface area (Å²) in [5, 5.41) is 11.8. The highest BCUT2D eigenvalue weighted by Crippen LogP contribution is 2.15. The molecule has 3 rings (SSSR count). The van der Waals surface area contributed by atoms with Crippen molar-refractivity contribution in [3.63, 3.8) is 0 Å². The second-order valence-corrected chi connectivity index (χ2v) is 6.40. The summed E-state index contributed by atoms with van der Waals surface area (Å²) in [6, 6.07) is 18.0. The molecule has 0 aliphatic rings. The van der Waals surface area contributed by atoms with Crippen molar-refractivity contribution in [2.24, 2.45) is 0 Å². The molecule has 134 valence electrons. The zero-order valence-electron chi connectivity index (χ0n) is 15.2. The fourth-order valence-electron chi connectivity index (χ4n) is 2.87. The number of nitrogens with zero attached hydrogens (tertiary/aromatic N) is 2. The van der Waals surface area contributed by atoms with Crippen LogP contribution < -0.4 is 10.9 Å². The topological polar surface area (TPSA) is 74.9 Å². The van der Waals surface area contributed by atoms with Crippen LogP contribution in [-0.4, -0.2) is 10.5 Å². The summed E-state index contributed by atoms with van der Waals surface area (Å²) in [4.78, 5) is 25.4. The van der Waals surface area contributed by atoms with Crippen LogP contribution in [-0.2, 0) is 6.54 Å². The van der Waals surface area contributed by atoms with Crippen LogP contribution in [0.25, 0.3) is 0 Å². The lowest BCUT2D eigenvalue weighted by Crippen LogP contribution is -2.29. The van der Waals surface area contributed by atoms with Crippen molar-refractivity contribution in [2.45, 2.75) is 20.4 Å². The molecule has 0 spiro atoms. The van der Waals surface area contributed by atoms with Crippen LogP contribution in [0.4, 0.5) is 5.69 Å². The number of nitrogens with one attached hydrogen (secondary N) is 1. The minimum Gasteiger partial charge on any atom is -0.321 e. The number of nitriles is 1. The molecule has 1 aromatic heterocycles. The lowest BCUT2D eigenvalue weighted by atomic mass is 10.1. The third-order valence-electron chi connectivity index (χ3n) is 4.41. The molecule has 5 nitrogen and oxygen atoms in total. The Kier molecular flexibility index (Phi) is 5.18. The van der Waals surface area contributed by atoms with Gasteiger partial charge in [0.2, 0.25) is 0 Å². The van der Waals surface area contributed by atoms with Crippen LogP contribution in [0.3, 0.4) is 0 Å². The van der Waals surface area contributed by atoms with E-state index in [2.05, 4.69) is 5.32 Å². The van der Waals surface area contributed by atoms with E-state index in [0.717, 1.165) is 16.7 Å². The van der Waals surface area contributed by atoms with Crippen molar-refractivity contribution in [1.82, 2.24) is 4.57 Å². The van der Waals surface area contributed by atoms with Gasteiger partial charge in [0, 0.05) is 6.20 Å². The Hall–Kier alpha value is -3.65. The van der Waals surface area contributed by atoms with Gasteiger partial charge in [-0.3, -0.25) is 9.59 Å². The van der Waals surface area contributed by atoms with Crippen LogP contribution in [0.5, 0.6) is 0 Å². The van der Waals surface area contributed by atoms with Crippen molar-refractivity contribution >= 4 is 11.6 Å². The molecule has 1 heterocycles. The minimum absolute atomic E-state index is 0.0375. The number of pyridine rings is 1. The van der Waals surface area contributed by atoms with Crippen molar-refractivity contribution in [2.75, 3.05) is 5.32 Å². The SMILES string of the molecule is Cc1ccc(C)c(Cn2cccc(C(=O)Nc3ccccc3C#N)c2=O)c1. The lowest BCUT2D eigenvalue weighted by molar-refractivity contribution is 0.102. The Labute approximate surface area is 157 Å². The van der Waals surface area contributed by atoms with Gasteiger partial charge < -0.3 is 9.88 Å². The third kappa shape index (κ3) is 3.96. The Morgan fingerprint density at radius 3 is 2.67 bits per heavy atom. The largest absolute Gasteiger partial charge is 0.321 e. The molecule has 3 aromatic rings. The standard InChI is InChI=1S/C22H19N3O2/c1-15-9-10-16(2)18(12-15)14-25-11-5-7-19(22(25)27)21(26)24-20-8-4-3-6-17(20)13-23/h3-12H,14H2,1-2H3,(H,24,26). The molecule has 0 aliphatic carbocycles. The number of hydrogen-bond donors (Lipinski definition) is 1. The maximum absolute atomic E-state index is 12.8. The molecular formula is C22H19N3O2. The molecule has 0 saturated carbocycles. The number of amides is 1. The van der Waals surface area contributed by atoms with Crippen molar-refractivity contribution in [3.05, 3.63) is 99.0 Å². The first-order chi connectivity index (χ1) is 13.0. The van der Waals surface area contributed by atoms with Gasteiger partial charge in [-0.15, -0.1) is 0 Å². The van der Waals surface area contributed by atoms with Crippen LogP contribution in [0.15, 0.2) is 65.6 Å². The number of anilines is 1. The van der Waals surface area contributed by atoms with Crippen molar-refractivity contribution in [3.8, 4) is 6.07 Å². The summed E-state index contributed by atoms with van der Waals surface area (Å²) in [6.45, 7) is 4.39. The van der Waals surface area contributed by atoms with E-state index in [1.807, 2.05) is 38.1 Å². The van der Waals surface area contributed by atoms with E-state index in [9.17, 15) is 9.59 Å². The summed E-state index contributed by atoms with van der Waals surface area (Å²) in [5.41, 5.74) is 3.63. The summed E-state index contributed by atoms with van der Waals surface area (Å²) in [5.74, 6) is -0.530. The zero-order valence-corrected chi connectivity index (χ0v) is 15.2. The van der Waals surface area contributed by atoms with E-state index in [1.54, 1.807) is 36.5 Å². The number of aromatic nitrogens is 1. The van der Waals surface area contributed by atoms with Crippen molar-refractivity contribution in [1.29, 1.82) is 5.26 Å². The molecule has 0 fully saturated rings. The normalized spacial score (nSPS) is 10.3. The molecule has 27 heavy (non-hydrogen) atoms. The minimum atomic E-state index is -0.530. The van der Waals surface area contributed by atoms with E-state index in [-0.39, 0.29) is 11.1 Å². The van der Waals surface area contributed by atoms with Gasteiger partial charge in [0.1, 0.15) is 11.6 Å². The van der Waals surface area contributed by atoms with Gasteiger partial charge in [-0.05, 0) is 49.2 Å². The third-order valence-corrected chi connectivity index (χ3v) is 4.41. The van der Waals surface area contributed by atoms with Crippen LogP contribution in [0.1, 0.15) is 32.6 Å². The quantitative estimate of drug-likeness (QED) is 0.775. The molecule has 0 aliphatic heterocycles. The van der Waals surface area contributed by atoms with Crippen LogP contribution in [0.2, 0.25) is 0 Å². The molecule has 0 bridgehead atoms.